The van der Waals surface area contributed by atoms with Gasteiger partial charge in [0.25, 0.3) is 0 Å². The van der Waals surface area contributed by atoms with E-state index in [1.807, 2.05) is 24.3 Å². The molecule has 1 aliphatic rings. The van der Waals surface area contributed by atoms with E-state index in [-0.39, 0.29) is 0 Å². The zero-order valence-electron chi connectivity index (χ0n) is 13.7. The van der Waals surface area contributed by atoms with E-state index in [0.29, 0.717) is 12.5 Å². The molecule has 0 unspecified atom stereocenters. The number of rotatable bonds is 5. The number of sulfonamides is 1. The fourth-order valence-corrected chi connectivity index (χ4v) is 4.04. The Morgan fingerprint density at radius 3 is 3.00 bits per heavy atom. The molecule has 5 nitrogen and oxygen atoms in total. The van der Waals surface area contributed by atoms with Crippen LogP contribution in [0.2, 0.25) is 5.02 Å². The maximum Gasteiger partial charge on any atom is 0.208 e. The molecule has 0 radical (unpaired) electrons. The first-order valence-corrected chi connectivity index (χ1v) is 10.4. The van der Waals surface area contributed by atoms with Crippen molar-refractivity contribution in [2.75, 3.05) is 25.9 Å². The molecule has 1 aliphatic heterocycles. The summed E-state index contributed by atoms with van der Waals surface area (Å²) in [4.78, 5) is 6.83. The van der Waals surface area contributed by atoms with E-state index >= 15 is 0 Å². The predicted molar refractivity (Wildman–Crippen MR) is 97.6 cm³/mol. The minimum atomic E-state index is -3.14. The Balaban J connectivity index is 1.73. The van der Waals surface area contributed by atoms with Gasteiger partial charge in [-0.15, -0.1) is 0 Å². The molecule has 1 N–H and O–H groups in total. The molecule has 2 aromatic rings. The molecule has 0 amide bonds. The van der Waals surface area contributed by atoms with Gasteiger partial charge >= 0.3 is 0 Å². The molecule has 1 fully saturated rings. The zero-order valence-corrected chi connectivity index (χ0v) is 15.3. The molecule has 7 heteroatoms. The van der Waals surface area contributed by atoms with Crippen LogP contribution in [0.25, 0.3) is 10.9 Å². The van der Waals surface area contributed by atoms with Gasteiger partial charge in [0.1, 0.15) is 0 Å². The number of nitrogens with one attached hydrogen (secondary N) is 1. The van der Waals surface area contributed by atoms with Gasteiger partial charge < -0.3 is 0 Å². The van der Waals surface area contributed by atoms with Crippen molar-refractivity contribution in [2.24, 2.45) is 5.92 Å². The fraction of sp³-hybridized carbons (Fsp3) is 0.471. The van der Waals surface area contributed by atoms with Crippen molar-refractivity contribution in [3.05, 3.63) is 41.0 Å². The van der Waals surface area contributed by atoms with Crippen LogP contribution < -0.4 is 4.72 Å². The van der Waals surface area contributed by atoms with Crippen LogP contribution in [0.4, 0.5) is 0 Å². The van der Waals surface area contributed by atoms with Crippen LogP contribution in [0.1, 0.15) is 18.4 Å². The summed E-state index contributed by atoms with van der Waals surface area (Å²) < 4.78 is 25.2. The standard InChI is InChI=1S/C17H22ClN3O2S/c1-24(22,23)20-10-13-4-3-9-21(11-13)12-15-16(18)7-6-14-5-2-8-19-17(14)15/h2,5-8,13,20H,3-4,9-12H2,1H3/t13-/m1/s1. The molecule has 0 bridgehead atoms. The van der Waals surface area contributed by atoms with Gasteiger partial charge in [-0.05, 0) is 37.4 Å². The van der Waals surface area contributed by atoms with Crippen molar-refractivity contribution >= 4 is 32.5 Å². The minimum Gasteiger partial charge on any atom is -0.299 e. The lowest BCUT2D eigenvalue weighted by Gasteiger charge is -2.33. The number of aromatic nitrogens is 1. The summed E-state index contributed by atoms with van der Waals surface area (Å²) in [6, 6.07) is 7.88. The molecule has 2 heterocycles. The van der Waals surface area contributed by atoms with Crippen molar-refractivity contribution in [1.82, 2.24) is 14.6 Å². The Hall–Kier alpha value is -1.21. The number of benzene rings is 1. The Bertz CT molecular complexity index is 826. The number of hydrogen-bond donors (Lipinski definition) is 1. The van der Waals surface area contributed by atoms with Crippen LogP contribution in [-0.4, -0.2) is 44.2 Å². The van der Waals surface area contributed by atoms with Gasteiger partial charge in [-0.3, -0.25) is 9.88 Å². The lowest BCUT2D eigenvalue weighted by atomic mass is 9.97. The molecule has 3 rings (SSSR count). The molecule has 130 valence electrons. The Morgan fingerprint density at radius 1 is 1.38 bits per heavy atom. The largest absolute Gasteiger partial charge is 0.299 e. The normalized spacial score (nSPS) is 19.7. The third-order valence-corrected chi connectivity index (χ3v) is 5.49. The highest BCUT2D eigenvalue weighted by Gasteiger charge is 2.22. The Morgan fingerprint density at radius 2 is 2.21 bits per heavy atom. The minimum absolute atomic E-state index is 0.329. The topological polar surface area (TPSA) is 62.3 Å². The van der Waals surface area contributed by atoms with E-state index in [4.69, 9.17) is 11.6 Å². The van der Waals surface area contributed by atoms with E-state index in [9.17, 15) is 8.42 Å². The van der Waals surface area contributed by atoms with Gasteiger partial charge in [0, 0.05) is 41.8 Å². The number of nitrogens with zero attached hydrogens (tertiary/aromatic N) is 2. The van der Waals surface area contributed by atoms with Crippen molar-refractivity contribution in [1.29, 1.82) is 0 Å². The number of halogens is 1. The quantitative estimate of drug-likeness (QED) is 0.882. The average molecular weight is 368 g/mol. The second-order valence-electron chi connectivity index (χ2n) is 6.47. The van der Waals surface area contributed by atoms with Crippen LogP contribution in [0.3, 0.4) is 0 Å². The summed E-state index contributed by atoms with van der Waals surface area (Å²) in [5, 5.41) is 1.82. The van der Waals surface area contributed by atoms with Gasteiger partial charge in [-0.25, -0.2) is 13.1 Å². The van der Waals surface area contributed by atoms with Crippen molar-refractivity contribution in [2.45, 2.75) is 19.4 Å². The third-order valence-electron chi connectivity index (χ3n) is 4.44. The summed E-state index contributed by atoms with van der Waals surface area (Å²) in [6.07, 6.45) is 5.10. The van der Waals surface area contributed by atoms with Gasteiger partial charge in [-0.2, -0.15) is 0 Å². The molecule has 0 saturated carbocycles. The molecule has 24 heavy (non-hydrogen) atoms. The first-order chi connectivity index (χ1) is 11.4. The lowest BCUT2D eigenvalue weighted by molar-refractivity contribution is 0.169. The number of likely N-dealkylation sites (tertiary alicyclic amines) is 1. The monoisotopic (exact) mass is 367 g/mol. The van der Waals surface area contributed by atoms with Crippen molar-refractivity contribution in [3.8, 4) is 0 Å². The van der Waals surface area contributed by atoms with Gasteiger partial charge in [0.05, 0.1) is 11.8 Å². The van der Waals surface area contributed by atoms with E-state index in [2.05, 4.69) is 14.6 Å². The van der Waals surface area contributed by atoms with Crippen LogP contribution in [-0.2, 0) is 16.6 Å². The van der Waals surface area contributed by atoms with Gasteiger partial charge in [0.2, 0.25) is 10.0 Å². The molecule has 1 atom stereocenters. The van der Waals surface area contributed by atoms with Gasteiger partial charge in [0.15, 0.2) is 0 Å². The van der Waals surface area contributed by atoms with Gasteiger partial charge in [-0.1, -0.05) is 23.7 Å². The highest BCUT2D eigenvalue weighted by atomic mass is 35.5. The summed E-state index contributed by atoms with van der Waals surface area (Å²) in [5.74, 6) is 0.329. The molecule has 0 spiro atoms. The number of piperidine rings is 1. The lowest BCUT2D eigenvalue weighted by Crippen LogP contribution is -2.40. The average Bonchev–Trinajstić information content (AvgIpc) is 2.55. The van der Waals surface area contributed by atoms with E-state index < -0.39 is 10.0 Å². The molecular weight excluding hydrogens is 346 g/mol. The van der Waals surface area contributed by atoms with E-state index in [1.54, 1.807) is 6.20 Å². The van der Waals surface area contributed by atoms with Crippen LogP contribution in [0.5, 0.6) is 0 Å². The number of hydrogen-bond acceptors (Lipinski definition) is 4. The van der Waals surface area contributed by atoms with Crippen LogP contribution >= 0.6 is 11.6 Å². The highest BCUT2D eigenvalue weighted by Crippen LogP contribution is 2.27. The summed E-state index contributed by atoms with van der Waals surface area (Å²) in [6.45, 7) is 3.09. The summed E-state index contributed by atoms with van der Waals surface area (Å²) >= 11 is 6.42. The number of pyridine rings is 1. The predicted octanol–water partition coefficient (Wildman–Crippen LogP) is 2.65. The fourth-order valence-electron chi connectivity index (χ4n) is 3.29. The third kappa shape index (κ3) is 4.45. The zero-order chi connectivity index (χ0) is 17.2. The Kier molecular flexibility index (Phi) is 5.39. The molecule has 0 aliphatic carbocycles. The first-order valence-electron chi connectivity index (χ1n) is 8.11. The van der Waals surface area contributed by atoms with Crippen molar-refractivity contribution in [3.63, 3.8) is 0 Å². The Labute approximate surface area is 148 Å². The summed E-state index contributed by atoms with van der Waals surface area (Å²) in [7, 11) is -3.14. The van der Waals surface area contributed by atoms with Crippen molar-refractivity contribution < 1.29 is 8.42 Å². The second-order valence-corrected chi connectivity index (χ2v) is 8.71. The van der Waals surface area contributed by atoms with Crippen LogP contribution in [0, 0.1) is 5.92 Å². The molecule has 1 aromatic heterocycles. The maximum atomic E-state index is 11.3. The van der Waals surface area contributed by atoms with E-state index in [0.717, 1.165) is 54.0 Å². The maximum absolute atomic E-state index is 11.3. The SMILES string of the molecule is CS(=O)(=O)NC[C@H]1CCCN(Cc2c(Cl)ccc3cccnc23)C1. The molecular formula is C17H22ClN3O2S. The number of fused-ring (bicyclic) bond motifs is 1. The highest BCUT2D eigenvalue weighted by molar-refractivity contribution is 7.88. The molecule has 1 saturated heterocycles. The second kappa shape index (κ2) is 7.35. The first kappa shape index (κ1) is 17.6. The smallest absolute Gasteiger partial charge is 0.208 e. The molecule has 1 aromatic carbocycles. The summed E-state index contributed by atoms with van der Waals surface area (Å²) in [5.41, 5.74) is 1.99. The van der Waals surface area contributed by atoms with Crippen LogP contribution in [0.15, 0.2) is 30.5 Å². The van der Waals surface area contributed by atoms with E-state index in [1.165, 1.54) is 6.26 Å².